The lowest BCUT2D eigenvalue weighted by Gasteiger charge is -2.18. The molecule has 0 aliphatic heterocycles. The first-order chi connectivity index (χ1) is 11.8. The van der Waals surface area contributed by atoms with Gasteiger partial charge in [-0.25, -0.2) is 0 Å². The van der Waals surface area contributed by atoms with Gasteiger partial charge in [0.1, 0.15) is 18.5 Å². The number of hydrogen-bond acceptors (Lipinski definition) is 3. The van der Waals surface area contributed by atoms with Crippen LogP contribution in [0.2, 0.25) is 0 Å². The fraction of sp³-hybridized carbons (Fsp3) is 0.588. The summed E-state index contributed by atoms with van der Waals surface area (Å²) in [5.74, 6) is 1.37. The lowest BCUT2D eigenvalue weighted by molar-refractivity contribution is -0.173. The SMILES string of the molecule is CN=C(NCCCOCC(F)(F)F)NCC(C)Oc1cccc(C)c1.I. The van der Waals surface area contributed by atoms with E-state index >= 15 is 0 Å². The van der Waals surface area contributed by atoms with E-state index in [1.54, 1.807) is 7.05 Å². The Balaban J connectivity index is 0.00000625. The third-order valence-corrected chi connectivity index (χ3v) is 3.13. The molecule has 9 heteroatoms. The molecule has 0 heterocycles. The van der Waals surface area contributed by atoms with Crippen molar-refractivity contribution in [3.63, 3.8) is 0 Å². The van der Waals surface area contributed by atoms with Crippen LogP contribution in [0.4, 0.5) is 13.2 Å². The molecular weight excluding hydrogens is 462 g/mol. The molecule has 26 heavy (non-hydrogen) atoms. The second kappa shape index (κ2) is 13.0. The van der Waals surface area contributed by atoms with Crippen molar-refractivity contribution in [1.82, 2.24) is 10.6 Å². The largest absolute Gasteiger partial charge is 0.489 e. The summed E-state index contributed by atoms with van der Waals surface area (Å²) in [6, 6.07) is 7.80. The van der Waals surface area contributed by atoms with E-state index in [1.807, 2.05) is 38.1 Å². The van der Waals surface area contributed by atoms with Gasteiger partial charge in [-0.2, -0.15) is 13.2 Å². The van der Waals surface area contributed by atoms with Crippen LogP contribution < -0.4 is 15.4 Å². The number of nitrogens with zero attached hydrogens (tertiary/aromatic N) is 1. The molecule has 1 unspecified atom stereocenters. The third kappa shape index (κ3) is 12.2. The Kier molecular flexibility index (Phi) is 12.4. The highest BCUT2D eigenvalue weighted by molar-refractivity contribution is 14.0. The Labute approximate surface area is 169 Å². The molecule has 0 bridgehead atoms. The summed E-state index contributed by atoms with van der Waals surface area (Å²) >= 11 is 0. The van der Waals surface area contributed by atoms with Crippen LogP contribution in [0.1, 0.15) is 18.9 Å². The molecule has 0 spiro atoms. The lowest BCUT2D eigenvalue weighted by atomic mass is 10.2. The molecule has 0 amide bonds. The van der Waals surface area contributed by atoms with Crippen molar-refractivity contribution in [2.24, 2.45) is 4.99 Å². The first kappa shape index (κ1) is 24.8. The summed E-state index contributed by atoms with van der Waals surface area (Å²) in [5.41, 5.74) is 1.13. The monoisotopic (exact) mass is 489 g/mol. The van der Waals surface area contributed by atoms with Crippen molar-refractivity contribution in [3.8, 4) is 5.75 Å². The first-order valence-corrected chi connectivity index (χ1v) is 8.12. The smallest absolute Gasteiger partial charge is 0.411 e. The van der Waals surface area contributed by atoms with Crippen LogP contribution in [-0.2, 0) is 4.74 Å². The number of ether oxygens (including phenoxy) is 2. The maximum Gasteiger partial charge on any atom is 0.411 e. The van der Waals surface area contributed by atoms with Crippen molar-refractivity contribution in [2.45, 2.75) is 32.5 Å². The predicted octanol–water partition coefficient (Wildman–Crippen LogP) is 3.51. The van der Waals surface area contributed by atoms with Gasteiger partial charge in [-0.3, -0.25) is 4.99 Å². The topological polar surface area (TPSA) is 54.9 Å². The Morgan fingerprint density at radius 2 is 2.00 bits per heavy atom. The van der Waals surface area contributed by atoms with Crippen LogP contribution in [0.3, 0.4) is 0 Å². The fourth-order valence-electron chi connectivity index (χ4n) is 1.99. The number of aryl methyl sites for hydroxylation is 1. The fourth-order valence-corrected chi connectivity index (χ4v) is 1.99. The van der Waals surface area contributed by atoms with E-state index in [1.165, 1.54) is 0 Å². The number of rotatable bonds is 9. The zero-order valence-electron chi connectivity index (χ0n) is 15.2. The Morgan fingerprint density at radius 3 is 2.62 bits per heavy atom. The van der Waals surface area contributed by atoms with Gasteiger partial charge in [0, 0.05) is 20.2 Å². The number of halogens is 4. The van der Waals surface area contributed by atoms with E-state index < -0.39 is 12.8 Å². The normalized spacial score (nSPS) is 12.9. The minimum absolute atomic E-state index is 0. The van der Waals surface area contributed by atoms with Crippen molar-refractivity contribution < 1.29 is 22.6 Å². The predicted molar refractivity (Wildman–Crippen MR) is 108 cm³/mol. The molecule has 1 rings (SSSR count). The molecule has 1 aromatic rings. The Morgan fingerprint density at radius 1 is 1.27 bits per heavy atom. The van der Waals surface area contributed by atoms with Crippen LogP contribution in [0.25, 0.3) is 0 Å². The second-order valence-electron chi connectivity index (χ2n) is 5.65. The molecule has 0 saturated heterocycles. The van der Waals surface area contributed by atoms with Crippen molar-refractivity contribution in [1.29, 1.82) is 0 Å². The van der Waals surface area contributed by atoms with Crippen molar-refractivity contribution in [2.75, 3.05) is 33.4 Å². The standard InChI is InChI=1S/C17H26F3N3O2.HI/c1-13-6-4-7-15(10-13)25-14(2)11-23-16(21-3)22-8-5-9-24-12-17(18,19)20;/h4,6-7,10,14H,5,8-9,11-12H2,1-3H3,(H2,21,22,23);1H. The highest BCUT2D eigenvalue weighted by atomic mass is 127. The molecule has 0 aromatic heterocycles. The van der Waals surface area contributed by atoms with Crippen molar-refractivity contribution in [3.05, 3.63) is 29.8 Å². The summed E-state index contributed by atoms with van der Waals surface area (Å²) in [6.45, 7) is 3.76. The Hall–Kier alpha value is -1.23. The number of aliphatic imine (C=N–C) groups is 1. The minimum Gasteiger partial charge on any atom is -0.489 e. The van der Waals surface area contributed by atoms with Gasteiger partial charge in [0.2, 0.25) is 0 Å². The van der Waals surface area contributed by atoms with Crippen LogP contribution in [0.15, 0.2) is 29.3 Å². The zero-order chi connectivity index (χ0) is 18.7. The average Bonchev–Trinajstić information content (AvgIpc) is 2.52. The summed E-state index contributed by atoms with van der Waals surface area (Å²) in [4.78, 5) is 4.06. The van der Waals surface area contributed by atoms with Gasteiger partial charge in [-0.05, 0) is 38.0 Å². The Bertz CT molecular complexity index is 542. The molecule has 0 saturated carbocycles. The second-order valence-corrected chi connectivity index (χ2v) is 5.65. The van der Waals surface area contributed by atoms with Crippen LogP contribution >= 0.6 is 24.0 Å². The highest BCUT2D eigenvalue weighted by Gasteiger charge is 2.27. The molecule has 0 radical (unpaired) electrons. The van der Waals surface area contributed by atoms with Gasteiger partial charge in [-0.1, -0.05) is 12.1 Å². The van der Waals surface area contributed by atoms with Gasteiger partial charge in [0.05, 0.1) is 6.54 Å². The molecule has 0 aliphatic rings. The summed E-state index contributed by atoms with van der Waals surface area (Å²) in [5, 5.41) is 6.13. The van der Waals surface area contributed by atoms with Gasteiger partial charge in [0.25, 0.3) is 0 Å². The van der Waals surface area contributed by atoms with E-state index in [-0.39, 0.29) is 36.7 Å². The number of benzene rings is 1. The number of nitrogens with one attached hydrogen (secondary N) is 2. The number of hydrogen-bond donors (Lipinski definition) is 2. The van der Waals surface area contributed by atoms with Gasteiger partial charge in [0.15, 0.2) is 5.96 Å². The summed E-state index contributed by atoms with van der Waals surface area (Å²) in [6.07, 6.45) is -3.90. The number of guanidine groups is 1. The quantitative estimate of drug-likeness (QED) is 0.241. The summed E-state index contributed by atoms with van der Waals surface area (Å²) < 4.78 is 46.1. The van der Waals surface area contributed by atoms with Crippen LogP contribution in [0.5, 0.6) is 5.75 Å². The molecule has 1 aromatic carbocycles. The first-order valence-electron chi connectivity index (χ1n) is 8.12. The van der Waals surface area contributed by atoms with Crippen LogP contribution in [-0.4, -0.2) is 51.6 Å². The lowest BCUT2D eigenvalue weighted by Crippen LogP contribution is -2.42. The zero-order valence-corrected chi connectivity index (χ0v) is 17.6. The number of alkyl halides is 3. The molecule has 0 fully saturated rings. The van der Waals surface area contributed by atoms with E-state index in [0.717, 1.165) is 11.3 Å². The minimum atomic E-state index is -4.28. The molecular formula is C17H27F3IN3O2. The van der Waals surface area contributed by atoms with E-state index in [4.69, 9.17) is 4.74 Å². The molecule has 2 N–H and O–H groups in total. The molecule has 0 aliphatic carbocycles. The van der Waals surface area contributed by atoms with Crippen molar-refractivity contribution >= 4 is 29.9 Å². The van der Waals surface area contributed by atoms with Gasteiger partial charge < -0.3 is 20.1 Å². The van der Waals surface area contributed by atoms with Gasteiger partial charge >= 0.3 is 6.18 Å². The van der Waals surface area contributed by atoms with E-state index in [2.05, 4.69) is 20.4 Å². The van der Waals surface area contributed by atoms with E-state index in [9.17, 15) is 13.2 Å². The maximum absolute atomic E-state index is 11.9. The molecule has 1 atom stereocenters. The third-order valence-electron chi connectivity index (χ3n) is 3.13. The summed E-state index contributed by atoms with van der Waals surface area (Å²) in [7, 11) is 1.63. The molecule has 150 valence electrons. The van der Waals surface area contributed by atoms with Gasteiger partial charge in [-0.15, -0.1) is 24.0 Å². The molecule has 5 nitrogen and oxygen atoms in total. The maximum atomic E-state index is 11.9. The highest BCUT2D eigenvalue weighted by Crippen LogP contribution is 2.14. The van der Waals surface area contributed by atoms with Crippen LogP contribution in [0, 0.1) is 6.92 Å². The average molecular weight is 489 g/mol. The van der Waals surface area contributed by atoms with E-state index in [0.29, 0.717) is 25.5 Å².